The SMILES string of the molecule is O=[N+]([O-])c1cccc2nc3cccc([N+](=O)[O-])c3nc12.Oc1cccc2nc3cccc(O)c3nc12. The Morgan fingerprint density at radius 1 is 0.500 bits per heavy atom. The van der Waals surface area contributed by atoms with E-state index in [-0.39, 0.29) is 33.9 Å². The molecule has 6 aromatic rings. The standard InChI is InChI=1S/C12H6N4O4.C12H8N2O2/c17-15(18)9-5-1-3-7-11(9)14-12-8(13-7)4-2-6-10(12)16(19)20;15-9-5-1-3-7-11(9)14-12-8(13-7)4-2-6-10(12)16/h1-6H;1-6,15-16H. The van der Waals surface area contributed by atoms with Crippen LogP contribution in [-0.4, -0.2) is 40.0 Å². The van der Waals surface area contributed by atoms with Crippen molar-refractivity contribution in [2.24, 2.45) is 0 Å². The van der Waals surface area contributed by atoms with E-state index in [4.69, 9.17) is 0 Å². The van der Waals surface area contributed by atoms with Gasteiger partial charge in [-0.2, -0.15) is 0 Å². The zero-order chi connectivity index (χ0) is 25.4. The largest absolute Gasteiger partial charge is 0.506 e. The van der Waals surface area contributed by atoms with Crippen LogP contribution >= 0.6 is 0 Å². The highest BCUT2D eigenvalue weighted by molar-refractivity contribution is 5.94. The van der Waals surface area contributed by atoms with Crippen LogP contribution in [0.5, 0.6) is 11.5 Å². The predicted molar refractivity (Wildman–Crippen MR) is 131 cm³/mol. The number of phenolic OH excluding ortho intramolecular Hbond substituents is 2. The van der Waals surface area contributed by atoms with E-state index in [2.05, 4.69) is 19.9 Å². The fraction of sp³-hybridized carbons (Fsp3) is 0. The first-order chi connectivity index (χ1) is 17.3. The van der Waals surface area contributed by atoms with Gasteiger partial charge in [0.25, 0.3) is 11.4 Å². The van der Waals surface area contributed by atoms with Crippen molar-refractivity contribution in [3.63, 3.8) is 0 Å². The van der Waals surface area contributed by atoms with Gasteiger partial charge >= 0.3 is 0 Å². The summed E-state index contributed by atoms with van der Waals surface area (Å²) in [5.41, 5.74) is 2.30. The van der Waals surface area contributed by atoms with Crippen molar-refractivity contribution in [2.45, 2.75) is 0 Å². The molecule has 2 N–H and O–H groups in total. The number of nitro groups is 2. The number of hydrogen-bond acceptors (Lipinski definition) is 10. The number of aromatic hydroxyl groups is 2. The summed E-state index contributed by atoms with van der Waals surface area (Å²) < 4.78 is 0. The molecule has 0 unspecified atom stereocenters. The maximum absolute atomic E-state index is 11.0. The third-order valence-corrected chi connectivity index (χ3v) is 5.30. The molecule has 0 radical (unpaired) electrons. The van der Waals surface area contributed by atoms with Crippen LogP contribution in [0.2, 0.25) is 0 Å². The van der Waals surface area contributed by atoms with E-state index in [1.165, 1.54) is 24.3 Å². The lowest BCUT2D eigenvalue weighted by molar-refractivity contribution is -0.383. The van der Waals surface area contributed by atoms with Crippen molar-refractivity contribution in [3.05, 3.63) is 93.0 Å². The molecule has 0 fully saturated rings. The first kappa shape index (κ1) is 22.3. The molecule has 0 atom stereocenters. The molecule has 0 aliphatic heterocycles. The van der Waals surface area contributed by atoms with Gasteiger partial charge in [0.1, 0.15) is 22.5 Å². The van der Waals surface area contributed by atoms with Gasteiger partial charge in [-0.25, -0.2) is 19.9 Å². The Labute approximate surface area is 200 Å². The van der Waals surface area contributed by atoms with E-state index in [0.717, 1.165) is 0 Å². The lowest BCUT2D eigenvalue weighted by Gasteiger charge is -2.03. The molecule has 36 heavy (non-hydrogen) atoms. The molecule has 2 heterocycles. The Kier molecular flexibility index (Phi) is 5.37. The van der Waals surface area contributed by atoms with Gasteiger partial charge in [0.2, 0.25) is 0 Å². The number of aromatic nitrogens is 4. The minimum atomic E-state index is -0.586. The first-order valence-corrected chi connectivity index (χ1v) is 10.4. The number of para-hydroxylation sites is 4. The van der Waals surface area contributed by atoms with Gasteiger partial charge < -0.3 is 10.2 Å². The van der Waals surface area contributed by atoms with Gasteiger partial charge in [0, 0.05) is 12.1 Å². The minimum absolute atomic E-state index is 0.0410. The number of nitrogens with zero attached hydrogens (tertiary/aromatic N) is 6. The molecule has 0 saturated heterocycles. The van der Waals surface area contributed by atoms with Gasteiger partial charge in [-0.15, -0.1) is 0 Å². The molecular formula is C24H14N6O6. The number of hydrogen-bond donors (Lipinski definition) is 2. The molecule has 0 bridgehead atoms. The first-order valence-electron chi connectivity index (χ1n) is 10.4. The molecular weight excluding hydrogens is 468 g/mol. The van der Waals surface area contributed by atoms with Crippen LogP contribution in [0.3, 0.4) is 0 Å². The monoisotopic (exact) mass is 482 g/mol. The summed E-state index contributed by atoms with van der Waals surface area (Å²) in [5.74, 6) is 0.130. The average molecular weight is 482 g/mol. The van der Waals surface area contributed by atoms with E-state index in [1.807, 2.05) is 0 Å². The maximum atomic E-state index is 11.0. The average Bonchev–Trinajstić information content (AvgIpc) is 2.86. The lowest BCUT2D eigenvalue weighted by Crippen LogP contribution is -1.97. The summed E-state index contributed by atoms with van der Waals surface area (Å²) in [4.78, 5) is 37.6. The van der Waals surface area contributed by atoms with E-state index >= 15 is 0 Å². The summed E-state index contributed by atoms with van der Waals surface area (Å²) in [6.45, 7) is 0. The number of rotatable bonds is 2. The Morgan fingerprint density at radius 2 is 0.833 bits per heavy atom. The quantitative estimate of drug-likeness (QED) is 0.198. The third kappa shape index (κ3) is 3.88. The van der Waals surface area contributed by atoms with E-state index < -0.39 is 9.85 Å². The molecule has 2 aromatic heterocycles. The molecule has 6 rings (SSSR count). The van der Waals surface area contributed by atoms with Crippen LogP contribution in [0, 0.1) is 20.2 Å². The van der Waals surface area contributed by atoms with Crippen molar-refractivity contribution < 1.29 is 20.1 Å². The number of fused-ring (bicyclic) bond motifs is 4. The topological polar surface area (TPSA) is 178 Å². The second kappa shape index (κ2) is 8.68. The second-order valence-corrected chi connectivity index (χ2v) is 7.54. The lowest BCUT2D eigenvalue weighted by atomic mass is 10.2. The van der Waals surface area contributed by atoms with Gasteiger partial charge in [-0.05, 0) is 36.4 Å². The molecule has 0 amide bonds. The Hall–Kier alpha value is -5.52. The number of nitro benzene ring substituents is 2. The maximum Gasteiger partial charge on any atom is 0.297 e. The predicted octanol–water partition coefficient (Wildman–Crippen LogP) is 4.79. The molecule has 0 spiro atoms. The number of benzene rings is 4. The summed E-state index contributed by atoms with van der Waals surface area (Å²) >= 11 is 0. The molecule has 12 nitrogen and oxygen atoms in total. The van der Waals surface area contributed by atoms with Gasteiger partial charge in [-0.3, -0.25) is 20.2 Å². The molecule has 4 aromatic carbocycles. The fourth-order valence-electron chi connectivity index (χ4n) is 3.67. The molecule has 0 aliphatic carbocycles. The van der Waals surface area contributed by atoms with Gasteiger partial charge in [-0.1, -0.05) is 24.3 Å². The second-order valence-electron chi connectivity index (χ2n) is 7.54. The highest BCUT2D eigenvalue weighted by atomic mass is 16.6. The van der Waals surface area contributed by atoms with E-state index in [1.54, 1.807) is 48.5 Å². The van der Waals surface area contributed by atoms with Crippen LogP contribution in [0.15, 0.2) is 72.8 Å². The third-order valence-electron chi connectivity index (χ3n) is 5.30. The summed E-state index contributed by atoms with van der Waals surface area (Å²) in [6, 6.07) is 18.8. The van der Waals surface area contributed by atoms with Crippen LogP contribution in [0.25, 0.3) is 44.1 Å². The van der Waals surface area contributed by atoms with Gasteiger partial charge in [0.05, 0.1) is 31.9 Å². The number of non-ortho nitro benzene ring substituents is 2. The molecule has 176 valence electrons. The van der Waals surface area contributed by atoms with Crippen LogP contribution in [-0.2, 0) is 0 Å². The van der Waals surface area contributed by atoms with E-state index in [9.17, 15) is 30.4 Å². The summed E-state index contributed by atoms with van der Waals surface area (Å²) in [5, 5.41) is 41.2. The highest BCUT2D eigenvalue weighted by Gasteiger charge is 2.19. The van der Waals surface area contributed by atoms with Crippen molar-refractivity contribution in [2.75, 3.05) is 0 Å². The molecule has 12 heteroatoms. The van der Waals surface area contributed by atoms with Crippen molar-refractivity contribution in [1.29, 1.82) is 0 Å². The minimum Gasteiger partial charge on any atom is -0.506 e. The summed E-state index contributed by atoms with van der Waals surface area (Å²) in [6.07, 6.45) is 0. The van der Waals surface area contributed by atoms with Crippen LogP contribution < -0.4 is 0 Å². The Bertz CT molecular complexity index is 1720. The van der Waals surface area contributed by atoms with Crippen LogP contribution in [0.4, 0.5) is 11.4 Å². The van der Waals surface area contributed by atoms with Crippen molar-refractivity contribution in [1.82, 2.24) is 19.9 Å². The van der Waals surface area contributed by atoms with E-state index in [0.29, 0.717) is 33.1 Å². The van der Waals surface area contributed by atoms with Crippen molar-refractivity contribution >= 4 is 55.5 Å². The zero-order valence-electron chi connectivity index (χ0n) is 18.1. The smallest absolute Gasteiger partial charge is 0.297 e. The van der Waals surface area contributed by atoms with Gasteiger partial charge in [0.15, 0.2) is 11.0 Å². The Morgan fingerprint density at radius 3 is 1.22 bits per heavy atom. The highest BCUT2D eigenvalue weighted by Crippen LogP contribution is 2.29. The molecule has 0 aliphatic rings. The summed E-state index contributed by atoms with van der Waals surface area (Å²) in [7, 11) is 0. The van der Waals surface area contributed by atoms with Crippen molar-refractivity contribution in [3.8, 4) is 11.5 Å². The molecule has 0 saturated carbocycles. The Balaban J connectivity index is 0.000000152. The van der Waals surface area contributed by atoms with Crippen LogP contribution in [0.1, 0.15) is 0 Å². The zero-order valence-corrected chi connectivity index (χ0v) is 18.1. The normalized spacial score (nSPS) is 10.9. The number of phenols is 2. The fourth-order valence-corrected chi connectivity index (χ4v) is 3.67.